The first-order valence-electron chi connectivity index (χ1n) is 9.23. The number of carbonyl (C=O) groups is 1. The molecule has 2 unspecified atom stereocenters. The van der Waals surface area contributed by atoms with Gasteiger partial charge in [-0.2, -0.15) is 0 Å². The molecule has 3 rings (SSSR count). The van der Waals surface area contributed by atoms with Gasteiger partial charge in [0.15, 0.2) is 0 Å². The highest BCUT2D eigenvalue weighted by molar-refractivity contribution is 5.79. The van der Waals surface area contributed by atoms with Crippen LogP contribution in [0.25, 0.3) is 0 Å². The number of aliphatic hydroxyl groups excluding tert-OH is 1. The number of amides is 1. The number of nitrogens with one attached hydrogen (secondary N) is 1. The second kappa shape index (κ2) is 7.96. The maximum atomic E-state index is 12.4. The molecule has 1 aromatic rings. The molecule has 2 aliphatic rings. The third-order valence-corrected chi connectivity index (χ3v) is 5.64. The first-order valence-corrected chi connectivity index (χ1v) is 9.23. The lowest BCUT2D eigenvalue weighted by atomic mass is 9.92. The normalized spacial score (nSPS) is 31.0. The average Bonchev–Trinajstić information content (AvgIpc) is 3.05. The molecule has 23 heavy (non-hydrogen) atoms. The number of rotatable bonds is 5. The van der Waals surface area contributed by atoms with Crippen molar-refractivity contribution in [1.82, 2.24) is 5.32 Å². The van der Waals surface area contributed by atoms with E-state index in [9.17, 15) is 9.90 Å². The standard InChI is InChI=1S/C20H29NO2/c22-19-12-10-18(11-13-19)21-20(23)17-9-8-16(14-17)7-6-15-4-2-1-3-5-15/h1-5,16-19,22H,6-14H2,(H,21,23). The Morgan fingerprint density at radius 3 is 2.52 bits per heavy atom. The molecule has 2 fully saturated rings. The summed E-state index contributed by atoms with van der Waals surface area (Å²) in [7, 11) is 0. The molecule has 0 heterocycles. The Balaban J connectivity index is 1.39. The highest BCUT2D eigenvalue weighted by atomic mass is 16.3. The van der Waals surface area contributed by atoms with Crippen LogP contribution in [0.5, 0.6) is 0 Å². The zero-order chi connectivity index (χ0) is 16.1. The molecule has 0 radical (unpaired) electrons. The van der Waals surface area contributed by atoms with Gasteiger partial charge >= 0.3 is 0 Å². The lowest BCUT2D eigenvalue weighted by Crippen LogP contribution is -2.41. The van der Waals surface area contributed by atoms with E-state index in [1.165, 1.54) is 18.4 Å². The van der Waals surface area contributed by atoms with Crippen LogP contribution in [0.2, 0.25) is 0 Å². The fourth-order valence-corrected chi connectivity index (χ4v) is 4.13. The Morgan fingerprint density at radius 2 is 1.78 bits per heavy atom. The minimum absolute atomic E-state index is 0.156. The summed E-state index contributed by atoms with van der Waals surface area (Å²) < 4.78 is 0. The van der Waals surface area contributed by atoms with Crippen molar-refractivity contribution in [2.75, 3.05) is 0 Å². The summed E-state index contributed by atoms with van der Waals surface area (Å²) in [5.41, 5.74) is 1.40. The van der Waals surface area contributed by atoms with E-state index in [0.29, 0.717) is 5.92 Å². The molecule has 0 aromatic heterocycles. The Morgan fingerprint density at radius 1 is 1.04 bits per heavy atom. The topological polar surface area (TPSA) is 49.3 Å². The molecule has 3 heteroatoms. The van der Waals surface area contributed by atoms with E-state index in [2.05, 4.69) is 35.6 Å². The van der Waals surface area contributed by atoms with Crippen LogP contribution in [-0.2, 0) is 11.2 Å². The van der Waals surface area contributed by atoms with E-state index >= 15 is 0 Å². The van der Waals surface area contributed by atoms with E-state index in [0.717, 1.165) is 44.9 Å². The van der Waals surface area contributed by atoms with Crippen molar-refractivity contribution in [3.8, 4) is 0 Å². The molecule has 1 aromatic carbocycles. The molecular weight excluding hydrogens is 286 g/mol. The van der Waals surface area contributed by atoms with Crippen LogP contribution in [0.3, 0.4) is 0 Å². The van der Waals surface area contributed by atoms with Crippen molar-refractivity contribution in [3.63, 3.8) is 0 Å². The van der Waals surface area contributed by atoms with Crippen LogP contribution in [-0.4, -0.2) is 23.2 Å². The third-order valence-electron chi connectivity index (χ3n) is 5.64. The molecule has 0 saturated heterocycles. The number of aliphatic hydroxyl groups is 1. The van der Waals surface area contributed by atoms with Gasteiger partial charge < -0.3 is 10.4 Å². The predicted molar refractivity (Wildman–Crippen MR) is 92.0 cm³/mol. The number of hydrogen-bond acceptors (Lipinski definition) is 2. The Labute approximate surface area is 139 Å². The van der Waals surface area contributed by atoms with E-state index in [4.69, 9.17) is 0 Å². The number of benzene rings is 1. The molecule has 0 aliphatic heterocycles. The first kappa shape index (κ1) is 16.5. The fraction of sp³-hybridized carbons (Fsp3) is 0.650. The minimum Gasteiger partial charge on any atom is -0.393 e. The van der Waals surface area contributed by atoms with Crippen molar-refractivity contribution >= 4 is 5.91 Å². The van der Waals surface area contributed by atoms with Crippen LogP contribution >= 0.6 is 0 Å². The van der Waals surface area contributed by atoms with Gasteiger partial charge in [-0.3, -0.25) is 4.79 Å². The summed E-state index contributed by atoms with van der Waals surface area (Å²) >= 11 is 0. The maximum Gasteiger partial charge on any atom is 0.223 e. The first-order chi connectivity index (χ1) is 11.2. The zero-order valence-electron chi connectivity index (χ0n) is 13.9. The Bertz CT molecular complexity index is 494. The van der Waals surface area contributed by atoms with Crippen molar-refractivity contribution in [3.05, 3.63) is 35.9 Å². The summed E-state index contributed by atoms with van der Waals surface area (Å²) in [5, 5.41) is 12.8. The van der Waals surface area contributed by atoms with E-state index < -0.39 is 0 Å². The monoisotopic (exact) mass is 315 g/mol. The van der Waals surface area contributed by atoms with Gasteiger partial charge in [0.2, 0.25) is 5.91 Å². The van der Waals surface area contributed by atoms with Gasteiger partial charge in [0, 0.05) is 12.0 Å². The third kappa shape index (κ3) is 4.81. The summed E-state index contributed by atoms with van der Waals surface area (Å²) in [6.07, 6.45) is 8.96. The highest BCUT2D eigenvalue weighted by Gasteiger charge is 2.31. The molecule has 1 amide bonds. The summed E-state index contributed by atoms with van der Waals surface area (Å²) in [4.78, 5) is 12.4. The highest BCUT2D eigenvalue weighted by Crippen LogP contribution is 2.34. The van der Waals surface area contributed by atoms with Crippen molar-refractivity contribution in [1.29, 1.82) is 0 Å². The summed E-state index contributed by atoms with van der Waals surface area (Å²) in [6, 6.07) is 10.9. The number of carbonyl (C=O) groups excluding carboxylic acids is 1. The molecule has 0 spiro atoms. The van der Waals surface area contributed by atoms with Crippen LogP contribution < -0.4 is 5.32 Å². The Hall–Kier alpha value is -1.35. The molecule has 2 atom stereocenters. The smallest absolute Gasteiger partial charge is 0.223 e. The van der Waals surface area contributed by atoms with Gasteiger partial charge in [0.25, 0.3) is 0 Å². The van der Waals surface area contributed by atoms with Crippen LogP contribution in [0.1, 0.15) is 56.9 Å². The largest absolute Gasteiger partial charge is 0.393 e. The molecule has 2 N–H and O–H groups in total. The van der Waals surface area contributed by atoms with Crippen LogP contribution in [0.4, 0.5) is 0 Å². The van der Waals surface area contributed by atoms with Crippen LogP contribution in [0, 0.1) is 11.8 Å². The van der Waals surface area contributed by atoms with Gasteiger partial charge in [0.05, 0.1) is 6.10 Å². The molecule has 2 saturated carbocycles. The Kier molecular flexibility index (Phi) is 5.71. The van der Waals surface area contributed by atoms with Gasteiger partial charge in [0.1, 0.15) is 0 Å². The summed E-state index contributed by atoms with van der Waals surface area (Å²) in [5.74, 6) is 1.16. The second-order valence-electron chi connectivity index (χ2n) is 7.41. The van der Waals surface area contributed by atoms with Crippen molar-refractivity contribution < 1.29 is 9.90 Å². The minimum atomic E-state index is -0.156. The molecule has 2 aliphatic carbocycles. The average molecular weight is 315 g/mol. The lowest BCUT2D eigenvalue weighted by Gasteiger charge is -2.27. The van der Waals surface area contributed by atoms with Gasteiger partial charge in [-0.1, -0.05) is 30.3 Å². The SMILES string of the molecule is O=C(NC1CCC(O)CC1)C1CCC(CCc2ccccc2)C1. The molecule has 126 valence electrons. The number of aryl methyl sites for hydroxylation is 1. The molecule has 0 bridgehead atoms. The van der Waals surface area contributed by atoms with Crippen molar-refractivity contribution in [2.45, 2.75) is 69.9 Å². The summed E-state index contributed by atoms with van der Waals surface area (Å²) in [6.45, 7) is 0. The molecule has 3 nitrogen and oxygen atoms in total. The zero-order valence-corrected chi connectivity index (χ0v) is 13.9. The van der Waals surface area contributed by atoms with E-state index in [-0.39, 0.29) is 24.0 Å². The predicted octanol–water partition coefficient (Wildman–Crippen LogP) is 3.46. The second-order valence-corrected chi connectivity index (χ2v) is 7.41. The number of hydrogen-bond donors (Lipinski definition) is 2. The lowest BCUT2D eigenvalue weighted by molar-refractivity contribution is -0.126. The van der Waals surface area contributed by atoms with Gasteiger partial charge in [-0.25, -0.2) is 0 Å². The van der Waals surface area contributed by atoms with Gasteiger partial charge in [-0.15, -0.1) is 0 Å². The van der Waals surface area contributed by atoms with Crippen molar-refractivity contribution in [2.24, 2.45) is 11.8 Å². The van der Waals surface area contributed by atoms with E-state index in [1.54, 1.807) is 0 Å². The fourth-order valence-electron chi connectivity index (χ4n) is 4.13. The van der Waals surface area contributed by atoms with E-state index in [1.807, 2.05) is 0 Å². The molecular formula is C20H29NO2. The van der Waals surface area contributed by atoms with Gasteiger partial charge in [-0.05, 0) is 69.3 Å². The van der Waals surface area contributed by atoms with Crippen LogP contribution in [0.15, 0.2) is 30.3 Å². The maximum absolute atomic E-state index is 12.4. The quantitative estimate of drug-likeness (QED) is 0.874.